The third-order valence-corrected chi connectivity index (χ3v) is 8.29. The van der Waals surface area contributed by atoms with Crippen molar-refractivity contribution in [2.45, 2.75) is 38.6 Å². The molecule has 40 heavy (non-hydrogen) atoms. The molecule has 1 aromatic carbocycles. The number of halogens is 5. The van der Waals surface area contributed by atoms with Crippen molar-refractivity contribution in [2.24, 2.45) is 5.92 Å². The summed E-state index contributed by atoms with van der Waals surface area (Å²) in [6.07, 6.45) is 6.10. The predicted molar refractivity (Wildman–Crippen MR) is 172 cm³/mol. The number of benzene rings is 1. The second-order valence-electron chi connectivity index (χ2n) is 10.4. The number of aromatic nitrogens is 2. The van der Waals surface area contributed by atoms with Gasteiger partial charge in [-0.05, 0) is 69.8 Å². The van der Waals surface area contributed by atoms with Crippen molar-refractivity contribution in [1.29, 1.82) is 0 Å². The number of ketones is 1. The summed E-state index contributed by atoms with van der Waals surface area (Å²) in [6.45, 7) is 7.36. The summed E-state index contributed by atoms with van der Waals surface area (Å²) in [6, 6.07) is 7.27. The van der Waals surface area contributed by atoms with E-state index in [4.69, 9.17) is 28.2 Å². The first kappa shape index (κ1) is 34.6. The summed E-state index contributed by atoms with van der Waals surface area (Å²) < 4.78 is 0. The number of fused-ring (bicyclic) bond motifs is 1. The van der Waals surface area contributed by atoms with Gasteiger partial charge in [-0.25, -0.2) is 4.98 Å². The zero-order chi connectivity index (χ0) is 26.1. The van der Waals surface area contributed by atoms with Crippen LogP contribution in [0.3, 0.4) is 0 Å². The molecule has 1 saturated heterocycles. The molecule has 2 fully saturated rings. The van der Waals surface area contributed by atoms with Crippen LogP contribution in [0.5, 0.6) is 5.75 Å². The highest BCUT2D eigenvalue weighted by Gasteiger charge is 2.26. The van der Waals surface area contributed by atoms with E-state index in [2.05, 4.69) is 27.1 Å². The van der Waals surface area contributed by atoms with Gasteiger partial charge in [0.25, 0.3) is 0 Å². The average Bonchev–Trinajstić information content (AvgIpc) is 2.89. The number of pyridine rings is 2. The minimum atomic E-state index is -0.154. The Balaban J connectivity index is 0.00000187. The van der Waals surface area contributed by atoms with E-state index in [1.54, 1.807) is 25.3 Å². The summed E-state index contributed by atoms with van der Waals surface area (Å²) in [5, 5.41) is 13.9. The Morgan fingerprint density at radius 1 is 1.02 bits per heavy atom. The Bertz CT molecular complexity index is 1290. The van der Waals surface area contributed by atoms with Crippen molar-refractivity contribution in [3.63, 3.8) is 0 Å². The molecule has 0 bridgehead atoms. The molecule has 1 aliphatic carbocycles. The first-order valence-electron chi connectivity index (χ1n) is 12.9. The molecule has 7 nitrogen and oxygen atoms in total. The number of Topliss-reactive ketones (excluding diaryl/α,β-unsaturated/α-hetero) is 1. The molecule has 0 amide bonds. The fourth-order valence-corrected chi connectivity index (χ4v) is 5.93. The van der Waals surface area contributed by atoms with Gasteiger partial charge in [0, 0.05) is 50.5 Å². The molecule has 2 aliphatic rings. The van der Waals surface area contributed by atoms with Gasteiger partial charge in [-0.2, -0.15) is 0 Å². The molecule has 3 aromatic rings. The summed E-state index contributed by atoms with van der Waals surface area (Å²) in [7, 11) is 2.19. The number of carbonyl (C=O) groups is 1. The Labute approximate surface area is 264 Å². The van der Waals surface area contributed by atoms with Crippen LogP contribution in [0, 0.1) is 5.92 Å². The van der Waals surface area contributed by atoms with Crippen molar-refractivity contribution in [3.05, 3.63) is 46.1 Å². The second kappa shape index (κ2) is 15.1. The van der Waals surface area contributed by atoms with Crippen LogP contribution in [0.15, 0.2) is 30.5 Å². The smallest absolute Gasteiger partial charge is 0.163 e. The molecular formula is C28H36Cl5N5O2. The molecule has 12 heteroatoms. The molecule has 0 unspecified atom stereocenters. The molecule has 2 N–H and O–H groups in total. The van der Waals surface area contributed by atoms with Gasteiger partial charge in [0.2, 0.25) is 0 Å². The lowest BCUT2D eigenvalue weighted by atomic mass is 9.85. The Hall–Kier alpha value is -1.58. The predicted octanol–water partition coefficient (Wildman–Crippen LogP) is 7.00. The monoisotopic (exact) mass is 649 g/mol. The maximum absolute atomic E-state index is 12.6. The van der Waals surface area contributed by atoms with Crippen molar-refractivity contribution < 1.29 is 9.90 Å². The van der Waals surface area contributed by atoms with Crippen LogP contribution in [0.2, 0.25) is 10.0 Å². The van der Waals surface area contributed by atoms with Gasteiger partial charge >= 0.3 is 0 Å². The van der Waals surface area contributed by atoms with Gasteiger partial charge in [-0.3, -0.25) is 9.78 Å². The summed E-state index contributed by atoms with van der Waals surface area (Å²) >= 11 is 12.3. The van der Waals surface area contributed by atoms with E-state index in [0.717, 1.165) is 50.6 Å². The van der Waals surface area contributed by atoms with Crippen molar-refractivity contribution in [2.75, 3.05) is 45.1 Å². The van der Waals surface area contributed by atoms with Gasteiger partial charge in [-0.15, -0.1) is 37.2 Å². The van der Waals surface area contributed by atoms with Crippen molar-refractivity contribution >= 4 is 82.9 Å². The normalized spacial score (nSPS) is 19.7. The van der Waals surface area contributed by atoms with E-state index in [-0.39, 0.29) is 64.8 Å². The number of nitrogens with zero attached hydrogens (tertiary/aromatic N) is 4. The number of phenolic OH excluding ortho intramolecular Hbond substituents is 1. The molecule has 2 aromatic heterocycles. The highest BCUT2D eigenvalue weighted by Crippen LogP contribution is 2.37. The standard InChI is InChI=1S/C28H33Cl2N5O2.3ClH/c1-17(36)21-15-31-25-8-7-24(19-13-22(29)28(37)23(30)14-19)33-27(25)26(21)32-20-5-3-18(4-6-20)16-35-11-9-34(2)10-12-35;;;/h7-8,13-15,18,20,37H,3-6,9-12,16H2,1-2H3,(H,31,32);3*1H. The molecule has 1 aliphatic heterocycles. The van der Waals surface area contributed by atoms with Crippen LogP contribution in [-0.4, -0.2) is 76.5 Å². The van der Waals surface area contributed by atoms with E-state index in [9.17, 15) is 9.90 Å². The number of aromatic hydroxyl groups is 1. The number of hydrogen-bond acceptors (Lipinski definition) is 7. The Morgan fingerprint density at radius 2 is 1.65 bits per heavy atom. The number of likely N-dealkylation sites (N-methyl/N-ethyl adjacent to an activating group) is 1. The Morgan fingerprint density at radius 3 is 2.25 bits per heavy atom. The van der Waals surface area contributed by atoms with Crippen molar-refractivity contribution in [3.8, 4) is 17.0 Å². The zero-order valence-corrected chi connectivity index (χ0v) is 26.5. The fraction of sp³-hybridized carbons (Fsp3) is 0.464. The summed E-state index contributed by atoms with van der Waals surface area (Å²) in [5.74, 6) is 0.513. The van der Waals surface area contributed by atoms with E-state index in [0.29, 0.717) is 27.9 Å². The van der Waals surface area contributed by atoms with E-state index < -0.39 is 0 Å². The van der Waals surface area contributed by atoms with E-state index in [1.807, 2.05) is 12.1 Å². The number of nitrogens with one attached hydrogen (secondary N) is 1. The third-order valence-electron chi connectivity index (χ3n) is 7.71. The zero-order valence-electron chi connectivity index (χ0n) is 22.5. The summed E-state index contributed by atoms with van der Waals surface area (Å²) in [5.41, 5.74) is 3.94. The fourth-order valence-electron chi connectivity index (χ4n) is 5.44. The molecule has 0 atom stereocenters. The molecule has 3 heterocycles. The number of piperazine rings is 1. The van der Waals surface area contributed by atoms with Crippen LogP contribution in [-0.2, 0) is 0 Å². The maximum Gasteiger partial charge on any atom is 0.163 e. The number of phenols is 1. The number of rotatable bonds is 6. The molecule has 1 saturated carbocycles. The molecular weight excluding hydrogens is 616 g/mol. The highest BCUT2D eigenvalue weighted by atomic mass is 35.5. The topological polar surface area (TPSA) is 81.6 Å². The summed E-state index contributed by atoms with van der Waals surface area (Å²) in [4.78, 5) is 26.9. The molecule has 220 valence electrons. The minimum absolute atomic E-state index is 0. The first-order valence-corrected chi connectivity index (χ1v) is 13.7. The van der Waals surface area contributed by atoms with Crippen LogP contribution < -0.4 is 5.32 Å². The second-order valence-corrected chi connectivity index (χ2v) is 11.2. The Kier molecular flexibility index (Phi) is 13.0. The van der Waals surface area contributed by atoms with Gasteiger partial charge < -0.3 is 20.2 Å². The van der Waals surface area contributed by atoms with Gasteiger partial charge in [0.05, 0.1) is 32.5 Å². The van der Waals surface area contributed by atoms with Gasteiger partial charge in [0.1, 0.15) is 5.52 Å². The maximum atomic E-state index is 12.6. The first-order chi connectivity index (χ1) is 17.8. The SMILES string of the molecule is CC(=O)c1cnc2ccc(-c3cc(Cl)c(O)c(Cl)c3)nc2c1NC1CCC(CN2CCN(C)CC2)CC1.Cl.Cl.Cl. The number of anilines is 1. The van der Waals surface area contributed by atoms with Crippen LogP contribution in [0.1, 0.15) is 43.0 Å². The third kappa shape index (κ3) is 7.82. The van der Waals surface area contributed by atoms with E-state index in [1.165, 1.54) is 19.4 Å². The molecule has 0 spiro atoms. The van der Waals surface area contributed by atoms with Crippen LogP contribution in [0.25, 0.3) is 22.3 Å². The lowest BCUT2D eigenvalue weighted by Gasteiger charge is -2.37. The minimum Gasteiger partial charge on any atom is -0.505 e. The van der Waals surface area contributed by atoms with E-state index >= 15 is 0 Å². The van der Waals surface area contributed by atoms with Gasteiger partial charge in [0.15, 0.2) is 11.5 Å². The van der Waals surface area contributed by atoms with Crippen LogP contribution in [0.4, 0.5) is 5.69 Å². The lowest BCUT2D eigenvalue weighted by Crippen LogP contribution is -2.46. The van der Waals surface area contributed by atoms with Gasteiger partial charge in [-0.1, -0.05) is 23.2 Å². The average molecular weight is 652 g/mol. The lowest BCUT2D eigenvalue weighted by molar-refractivity contribution is 0.101. The molecule has 0 radical (unpaired) electrons. The quantitative estimate of drug-likeness (QED) is 0.278. The number of hydrogen-bond donors (Lipinski definition) is 2. The number of carbonyl (C=O) groups excluding carboxylic acids is 1. The highest BCUT2D eigenvalue weighted by molar-refractivity contribution is 6.37. The van der Waals surface area contributed by atoms with Crippen molar-refractivity contribution in [1.82, 2.24) is 19.8 Å². The largest absolute Gasteiger partial charge is 0.505 e. The molecule has 5 rings (SSSR count). The van der Waals surface area contributed by atoms with Crippen LogP contribution >= 0.6 is 60.4 Å².